The van der Waals surface area contributed by atoms with E-state index in [1.807, 2.05) is 12.3 Å². The Balaban J connectivity index is 1.71. The summed E-state index contributed by atoms with van der Waals surface area (Å²) in [6.07, 6.45) is 5.97. The van der Waals surface area contributed by atoms with Crippen LogP contribution in [0.15, 0.2) is 44.9 Å². The lowest BCUT2D eigenvalue weighted by Crippen LogP contribution is -2.33. The Morgan fingerprint density at radius 1 is 1.50 bits per heavy atom. The van der Waals surface area contributed by atoms with Crippen LogP contribution in [0, 0.1) is 6.92 Å². The second kappa shape index (κ2) is 8.15. The molecule has 0 amide bonds. The van der Waals surface area contributed by atoms with Gasteiger partial charge in [0.25, 0.3) is 5.56 Å². The fourth-order valence-corrected chi connectivity index (χ4v) is 3.10. The molecule has 3 atom stereocenters. The lowest BCUT2D eigenvalue weighted by atomic mass is 10.1. The summed E-state index contributed by atoms with van der Waals surface area (Å²) in [5.41, 5.74) is 8.54. The fourth-order valence-electron chi connectivity index (χ4n) is 3.10. The largest absolute Gasteiger partial charge is 0.460 e. The second-order valence-electron chi connectivity index (χ2n) is 6.62. The lowest BCUT2D eigenvalue weighted by Gasteiger charge is -2.19. The number of H-pyrrole nitrogens is 1. The number of nitrogens with zero attached hydrogens (tertiary/aromatic N) is 5. The van der Waals surface area contributed by atoms with E-state index in [9.17, 15) is 14.4 Å². The number of hydrogen-bond donors (Lipinski definition) is 1. The molecule has 0 radical (unpaired) electrons. The van der Waals surface area contributed by atoms with E-state index in [2.05, 4.69) is 15.0 Å². The van der Waals surface area contributed by atoms with E-state index in [4.69, 9.17) is 15.0 Å². The predicted molar refractivity (Wildman–Crippen MR) is 98.1 cm³/mol. The Bertz CT molecular complexity index is 986. The van der Waals surface area contributed by atoms with Gasteiger partial charge in [-0.3, -0.25) is 14.3 Å². The highest BCUT2D eigenvalue weighted by atomic mass is 16.6. The average molecular weight is 388 g/mol. The third-order valence-electron chi connectivity index (χ3n) is 4.54. The molecule has 1 aromatic rings. The van der Waals surface area contributed by atoms with Gasteiger partial charge in [0.1, 0.15) is 18.9 Å². The van der Waals surface area contributed by atoms with Gasteiger partial charge in [-0.1, -0.05) is 11.2 Å². The van der Waals surface area contributed by atoms with Gasteiger partial charge in [0.15, 0.2) is 0 Å². The first-order valence-electron chi connectivity index (χ1n) is 8.67. The van der Waals surface area contributed by atoms with E-state index in [-0.39, 0.29) is 13.0 Å². The molecule has 11 heteroatoms. The molecule has 2 aliphatic heterocycles. The minimum absolute atomic E-state index is 0.124. The highest BCUT2D eigenvalue weighted by Gasteiger charge is 2.37. The second-order valence-corrected chi connectivity index (χ2v) is 6.62. The summed E-state index contributed by atoms with van der Waals surface area (Å²) in [6, 6.07) is -0.621. The Morgan fingerprint density at radius 3 is 3.00 bits per heavy atom. The zero-order valence-electron chi connectivity index (χ0n) is 15.4. The first-order chi connectivity index (χ1) is 13.4. The van der Waals surface area contributed by atoms with Gasteiger partial charge in [-0.05, 0) is 18.7 Å². The van der Waals surface area contributed by atoms with Crippen LogP contribution < -0.4 is 11.2 Å². The number of carbonyl (C=O) groups excluding carboxylic acids is 1. The number of aromatic nitrogens is 2. The number of aromatic amines is 1. The molecule has 0 saturated carbocycles. The van der Waals surface area contributed by atoms with E-state index in [0.717, 1.165) is 0 Å². The van der Waals surface area contributed by atoms with Crippen LogP contribution in [-0.2, 0) is 14.3 Å². The van der Waals surface area contributed by atoms with Gasteiger partial charge >= 0.3 is 11.7 Å². The Hall–Kier alpha value is -3.30. The van der Waals surface area contributed by atoms with Gasteiger partial charge in [0.05, 0.1) is 11.6 Å². The molecule has 1 fully saturated rings. The molecule has 0 unspecified atom stereocenters. The van der Waals surface area contributed by atoms with Gasteiger partial charge < -0.3 is 14.4 Å². The predicted octanol–water partition coefficient (Wildman–Crippen LogP) is 1.09. The third-order valence-corrected chi connectivity index (χ3v) is 4.54. The third kappa shape index (κ3) is 4.16. The monoisotopic (exact) mass is 388 g/mol. The summed E-state index contributed by atoms with van der Waals surface area (Å²) in [5.74, 6) is -0.486. The molecular formula is C17H20N6O5. The maximum atomic E-state index is 12.2. The van der Waals surface area contributed by atoms with E-state index in [0.29, 0.717) is 17.6 Å². The summed E-state index contributed by atoms with van der Waals surface area (Å²) in [7, 11) is 1.80. The van der Waals surface area contributed by atoms with Crippen molar-refractivity contribution >= 4 is 5.97 Å². The number of allylic oxidation sites excluding steroid dienone is 1. The molecular weight excluding hydrogens is 368 g/mol. The van der Waals surface area contributed by atoms with Crippen LogP contribution in [0.25, 0.3) is 10.4 Å². The summed E-state index contributed by atoms with van der Waals surface area (Å²) in [4.78, 5) is 42.6. The SMILES string of the molecule is Cc1cn([C@H]2C[C@H](N=[N+]=[N-])[C@@H](COC(=O)C3=CN(C)C=CC3)O2)c(=O)[nH]c1=O. The zero-order valence-corrected chi connectivity index (χ0v) is 15.4. The van der Waals surface area contributed by atoms with Crippen LogP contribution in [0.2, 0.25) is 0 Å². The van der Waals surface area contributed by atoms with Crippen LogP contribution in [0.4, 0.5) is 0 Å². The van der Waals surface area contributed by atoms with Crippen molar-refractivity contribution in [3.05, 3.63) is 67.1 Å². The molecule has 3 rings (SSSR count). The van der Waals surface area contributed by atoms with E-state index in [1.54, 1.807) is 25.1 Å². The molecule has 0 aliphatic carbocycles. The molecule has 148 valence electrons. The highest BCUT2D eigenvalue weighted by Crippen LogP contribution is 2.30. The topological polar surface area (TPSA) is 142 Å². The van der Waals surface area contributed by atoms with E-state index in [1.165, 1.54) is 10.8 Å². The van der Waals surface area contributed by atoms with Gasteiger partial charge in [0.2, 0.25) is 0 Å². The van der Waals surface area contributed by atoms with Crippen molar-refractivity contribution in [3.8, 4) is 0 Å². The van der Waals surface area contributed by atoms with Crippen LogP contribution in [0.1, 0.15) is 24.6 Å². The van der Waals surface area contributed by atoms with Crippen molar-refractivity contribution in [1.29, 1.82) is 0 Å². The van der Waals surface area contributed by atoms with Crippen molar-refractivity contribution in [3.63, 3.8) is 0 Å². The highest BCUT2D eigenvalue weighted by molar-refractivity contribution is 5.88. The van der Waals surface area contributed by atoms with Crippen molar-refractivity contribution < 1.29 is 14.3 Å². The van der Waals surface area contributed by atoms with Gasteiger partial charge in [-0.2, -0.15) is 0 Å². The molecule has 0 bridgehead atoms. The van der Waals surface area contributed by atoms with E-state index < -0.39 is 35.6 Å². The van der Waals surface area contributed by atoms with Crippen LogP contribution in [-0.4, -0.2) is 46.2 Å². The number of azide groups is 1. The van der Waals surface area contributed by atoms with Gasteiger partial charge in [0, 0.05) is 42.8 Å². The standard InChI is InChI=1S/C17H20N6O5/c1-10-7-23(17(26)19-15(10)24)14-6-12(20-21-18)13(28-14)9-27-16(25)11-4-3-5-22(2)8-11/h3,5,7-8,12-14H,4,6,9H2,1-2H3,(H,19,24,26)/t12-,13+,14+/m0/s1. The lowest BCUT2D eigenvalue weighted by molar-refractivity contribution is -0.144. The van der Waals surface area contributed by atoms with E-state index >= 15 is 0 Å². The molecule has 2 aliphatic rings. The van der Waals surface area contributed by atoms with Crippen LogP contribution in [0.3, 0.4) is 0 Å². The molecule has 1 N–H and O–H groups in total. The molecule has 11 nitrogen and oxygen atoms in total. The van der Waals surface area contributed by atoms with Crippen molar-refractivity contribution in [2.75, 3.05) is 13.7 Å². The first-order valence-corrected chi connectivity index (χ1v) is 8.67. The number of rotatable bonds is 5. The first kappa shape index (κ1) is 19.5. The summed E-state index contributed by atoms with van der Waals surface area (Å²) >= 11 is 0. The normalized spacial score (nSPS) is 23.9. The average Bonchev–Trinajstić information content (AvgIpc) is 3.05. The minimum Gasteiger partial charge on any atom is -0.460 e. The minimum atomic E-state index is -0.745. The molecule has 0 spiro atoms. The number of carbonyl (C=O) groups is 1. The number of esters is 1. The van der Waals surface area contributed by atoms with Crippen LogP contribution >= 0.6 is 0 Å². The fraction of sp³-hybridized carbons (Fsp3) is 0.471. The Morgan fingerprint density at radius 2 is 2.29 bits per heavy atom. The zero-order chi connectivity index (χ0) is 20.3. The van der Waals surface area contributed by atoms with Crippen molar-refractivity contribution in [1.82, 2.24) is 14.5 Å². The molecule has 3 heterocycles. The number of ether oxygens (including phenoxy) is 2. The van der Waals surface area contributed by atoms with Gasteiger partial charge in [-0.15, -0.1) is 0 Å². The number of aryl methyl sites for hydroxylation is 1. The Kier molecular flexibility index (Phi) is 5.67. The smallest absolute Gasteiger partial charge is 0.335 e. The van der Waals surface area contributed by atoms with Crippen molar-refractivity contribution in [2.24, 2.45) is 5.11 Å². The number of hydrogen-bond acceptors (Lipinski definition) is 7. The molecule has 1 aromatic heterocycles. The molecule has 1 saturated heterocycles. The number of nitrogens with one attached hydrogen (secondary N) is 1. The summed E-state index contributed by atoms with van der Waals surface area (Å²) in [6.45, 7) is 1.44. The van der Waals surface area contributed by atoms with Crippen molar-refractivity contribution in [2.45, 2.75) is 38.1 Å². The molecule has 0 aromatic carbocycles. The maximum absolute atomic E-state index is 12.2. The Labute approximate surface area is 159 Å². The quantitative estimate of drug-likeness (QED) is 0.346. The van der Waals surface area contributed by atoms with Crippen LogP contribution in [0.5, 0.6) is 0 Å². The van der Waals surface area contributed by atoms with Gasteiger partial charge in [-0.25, -0.2) is 9.59 Å². The summed E-state index contributed by atoms with van der Waals surface area (Å²) in [5, 5.41) is 3.70. The molecule has 28 heavy (non-hydrogen) atoms. The maximum Gasteiger partial charge on any atom is 0.335 e. The summed E-state index contributed by atoms with van der Waals surface area (Å²) < 4.78 is 12.4.